The van der Waals surface area contributed by atoms with Crippen LogP contribution in [0.2, 0.25) is 0 Å². The minimum atomic E-state index is -0.529. The Morgan fingerprint density at radius 1 is 1.55 bits per heavy atom. The number of aryl methyl sites for hydroxylation is 1. The van der Waals surface area contributed by atoms with Crippen LogP contribution in [-0.2, 0) is 16.6 Å². The van der Waals surface area contributed by atoms with Gasteiger partial charge in [0.25, 0.3) is 5.91 Å². The number of nitrogens with one attached hydrogen (secondary N) is 2. The molecule has 0 aliphatic carbocycles. The first-order valence-electron chi connectivity index (χ1n) is 6.38. The molecule has 1 saturated heterocycles. The van der Waals surface area contributed by atoms with Crippen LogP contribution < -0.4 is 10.6 Å². The minimum absolute atomic E-state index is 0.0505. The van der Waals surface area contributed by atoms with E-state index in [2.05, 4.69) is 15.7 Å². The number of imide groups is 1. The van der Waals surface area contributed by atoms with Gasteiger partial charge in [0.05, 0.1) is 18.3 Å². The van der Waals surface area contributed by atoms with Crippen molar-refractivity contribution in [3.05, 3.63) is 18.0 Å². The zero-order valence-electron chi connectivity index (χ0n) is 11.4. The van der Waals surface area contributed by atoms with Crippen LogP contribution in [0.5, 0.6) is 0 Å². The smallest absolute Gasteiger partial charge is 0.325 e. The highest BCUT2D eigenvalue weighted by molar-refractivity contribution is 6.04. The third-order valence-electron chi connectivity index (χ3n) is 3.20. The Labute approximate surface area is 116 Å². The molecule has 2 heterocycles. The molecule has 108 valence electrons. The van der Waals surface area contributed by atoms with E-state index in [0.29, 0.717) is 6.42 Å². The van der Waals surface area contributed by atoms with Gasteiger partial charge in [0.2, 0.25) is 5.91 Å². The van der Waals surface area contributed by atoms with Crippen molar-refractivity contribution in [3.63, 3.8) is 0 Å². The van der Waals surface area contributed by atoms with E-state index in [-0.39, 0.29) is 25.0 Å². The number of urea groups is 1. The molecule has 0 unspecified atom stereocenters. The molecule has 4 amide bonds. The lowest BCUT2D eigenvalue weighted by molar-refractivity contribution is -0.131. The Hall–Kier alpha value is -2.38. The molecule has 0 saturated carbocycles. The fourth-order valence-corrected chi connectivity index (χ4v) is 2.11. The quantitative estimate of drug-likeness (QED) is 0.713. The Morgan fingerprint density at radius 2 is 2.30 bits per heavy atom. The third-order valence-corrected chi connectivity index (χ3v) is 3.20. The summed E-state index contributed by atoms with van der Waals surface area (Å²) in [6.45, 7) is 1.62. The number of carbonyl (C=O) groups excluding carboxylic acids is 3. The number of hydrogen-bond acceptors (Lipinski definition) is 4. The maximum Gasteiger partial charge on any atom is 0.325 e. The van der Waals surface area contributed by atoms with Gasteiger partial charge in [0.15, 0.2) is 0 Å². The number of hydrogen-bond donors (Lipinski definition) is 2. The molecule has 1 aliphatic heterocycles. The summed E-state index contributed by atoms with van der Waals surface area (Å²) >= 11 is 0. The molecule has 8 nitrogen and oxygen atoms in total. The molecule has 0 spiro atoms. The Bertz CT molecular complexity index is 523. The summed E-state index contributed by atoms with van der Waals surface area (Å²) in [7, 11) is 1.79. The van der Waals surface area contributed by atoms with Crippen LogP contribution in [0.4, 0.5) is 4.79 Å². The van der Waals surface area contributed by atoms with Crippen molar-refractivity contribution in [3.8, 4) is 0 Å². The second kappa shape index (κ2) is 5.72. The molecular weight excluding hydrogens is 262 g/mol. The SMILES string of the molecule is CC[C@H](NC(=O)CN1C(=O)CNC1=O)c1ccnn1C. The van der Waals surface area contributed by atoms with Gasteiger partial charge in [-0.15, -0.1) is 0 Å². The van der Waals surface area contributed by atoms with Gasteiger partial charge < -0.3 is 10.6 Å². The summed E-state index contributed by atoms with van der Waals surface area (Å²) in [5, 5.41) is 9.23. The summed E-state index contributed by atoms with van der Waals surface area (Å²) in [6, 6.07) is 1.09. The molecular formula is C12H17N5O3. The van der Waals surface area contributed by atoms with Crippen LogP contribution in [0.15, 0.2) is 12.3 Å². The third kappa shape index (κ3) is 2.79. The van der Waals surface area contributed by atoms with E-state index >= 15 is 0 Å². The summed E-state index contributed by atoms with van der Waals surface area (Å²) in [5.74, 6) is -0.762. The normalized spacial score (nSPS) is 16.2. The van der Waals surface area contributed by atoms with Crippen LogP contribution in [0.1, 0.15) is 25.1 Å². The van der Waals surface area contributed by atoms with Crippen LogP contribution >= 0.6 is 0 Å². The van der Waals surface area contributed by atoms with Gasteiger partial charge in [0, 0.05) is 13.2 Å². The number of nitrogens with zero attached hydrogens (tertiary/aromatic N) is 3. The lowest BCUT2D eigenvalue weighted by Crippen LogP contribution is -2.42. The summed E-state index contributed by atoms with van der Waals surface area (Å²) in [6.07, 6.45) is 2.34. The van der Waals surface area contributed by atoms with Crippen molar-refractivity contribution in [2.24, 2.45) is 7.05 Å². The van der Waals surface area contributed by atoms with Crippen LogP contribution in [0.3, 0.4) is 0 Å². The topological polar surface area (TPSA) is 96.3 Å². The van der Waals surface area contributed by atoms with Gasteiger partial charge in [0.1, 0.15) is 6.54 Å². The fourth-order valence-electron chi connectivity index (χ4n) is 2.11. The Kier molecular flexibility index (Phi) is 4.02. The second-order valence-electron chi connectivity index (χ2n) is 4.55. The predicted octanol–water partition coefficient (Wildman–Crippen LogP) is -0.461. The molecule has 1 aromatic rings. The molecule has 2 rings (SSSR count). The number of aromatic nitrogens is 2. The van der Waals surface area contributed by atoms with Crippen molar-refractivity contribution >= 4 is 17.8 Å². The first-order chi connectivity index (χ1) is 9.52. The molecule has 1 atom stereocenters. The highest BCUT2D eigenvalue weighted by atomic mass is 16.2. The maximum atomic E-state index is 12.0. The van der Waals surface area contributed by atoms with E-state index < -0.39 is 11.9 Å². The first kappa shape index (κ1) is 14.0. The average molecular weight is 279 g/mol. The van der Waals surface area contributed by atoms with Crippen LogP contribution in [-0.4, -0.2) is 45.6 Å². The van der Waals surface area contributed by atoms with E-state index in [4.69, 9.17) is 0 Å². The van der Waals surface area contributed by atoms with Crippen LogP contribution in [0, 0.1) is 0 Å². The Balaban J connectivity index is 1.98. The van der Waals surface area contributed by atoms with E-state index in [1.807, 2.05) is 13.0 Å². The van der Waals surface area contributed by atoms with Gasteiger partial charge in [-0.2, -0.15) is 5.10 Å². The summed E-state index contributed by atoms with van der Waals surface area (Å²) in [4.78, 5) is 35.6. The van der Waals surface area contributed by atoms with E-state index in [9.17, 15) is 14.4 Å². The van der Waals surface area contributed by atoms with Crippen molar-refractivity contribution < 1.29 is 14.4 Å². The largest absolute Gasteiger partial charge is 0.346 e. The highest BCUT2D eigenvalue weighted by Gasteiger charge is 2.30. The second-order valence-corrected chi connectivity index (χ2v) is 4.55. The van der Waals surface area contributed by atoms with Gasteiger partial charge in [-0.1, -0.05) is 6.92 Å². The molecule has 2 N–H and O–H groups in total. The summed E-state index contributed by atoms with van der Waals surface area (Å²) in [5.41, 5.74) is 0.873. The van der Waals surface area contributed by atoms with Gasteiger partial charge in [-0.05, 0) is 12.5 Å². The first-order valence-corrected chi connectivity index (χ1v) is 6.38. The fraction of sp³-hybridized carbons (Fsp3) is 0.500. The van der Waals surface area contributed by atoms with E-state index in [1.54, 1.807) is 17.9 Å². The molecule has 0 bridgehead atoms. The highest BCUT2D eigenvalue weighted by Crippen LogP contribution is 2.15. The van der Waals surface area contributed by atoms with E-state index in [1.165, 1.54) is 0 Å². The van der Waals surface area contributed by atoms with Gasteiger partial charge in [-0.3, -0.25) is 19.2 Å². The van der Waals surface area contributed by atoms with Crippen molar-refractivity contribution in [2.75, 3.05) is 13.1 Å². The number of amides is 4. The lowest BCUT2D eigenvalue weighted by Gasteiger charge is -2.19. The molecule has 20 heavy (non-hydrogen) atoms. The maximum absolute atomic E-state index is 12.0. The minimum Gasteiger partial charge on any atom is -0.346 e. The lowest BCUT2D eigenvalue weighted by atomic mass is 10.1. The van der Waals surface area contributed by atoms with Crippen LogP contribution in [0.25, 0.3) is 0 Å². The van der Waals surface area contributed by atoms with E-state index in [0.717, 1.165) is 10.6 Å². The van der Waals surface area contributed by atoms with Crippen molar-refractivity contribution in [1.29, 1.82) is 0 Å². The predicted molar refractivity (Wildman–Crippen MR) is 69.5 cm³/mol. The Morgan fingerprint density at radius 3 is 2.80 bits per heavy atom. The zero-order chi connectivity index (χ0) is 14.7. The summed E-state index contributed by atoms with van der Waals surface area (Å²) < 4.78 is 1.68. The number of rotatable bonds is 5. The zero-order valence-corrected chi connectivity index (χ0v) is 11.4. The van der Waals surface area contributed by atoms with Gasteiger partial charge in [-0.25, -0.2) is 4.79 Å². The standard InChI is InChI=1S/C12H17N5O3/c1-3-8(9-4-5-14-16(9)2)15-10(18)7-17-11(19)6-13-12(17)20/h4-5,8H,3,6-7H2,1-2H3,(H,13,20)(H,15,18)/t8-/m0/s1. The molecule has 1 aromatic heterocycles. The average Bonchev–Trinajstić information content (AvgIpc) is 2.97. The monoisotopic (exact) mass is 279 g/mol. The molecule has 1 aliphatic rings. The molecule has 1 fully saturated rings. The van der Waals surface area contributed by atoms with Crippen molar-refractivity contribution in [2.45, 2.75) is 19.4 Å². The molecule has 0 radical (unpaired) electrons. The molecule has 8 heteroatoms. The van der Waals surface area contributed by atoms with Gasteiger partial charge >= 0.3 is 6.03 Å². The number of carbonyl (C=O) groups is 3. The van der Waals surface area contributed by atoms with Crippen molar-refractivity contribution in [1.82, 2.24) is 25.3 Å². The molecule has 0 aromatic carbocycles.